The van der Waals surface area contributed by atoms with Crippen molar-refractivity contribution < 1.29 is 4.79 Å². The molecule has 6 nitrogen and oxygen atoms in total. The van der Waals surface area contributed by atoms with Crippen LogP contribution in [0.25, 0.3) is 6.08 Å². The van der Waals surface area contributed by atoms with Crippen molar-refractivity contribution in [3.63, 3.8) is 0 Å². The second kappa shape index (κ2) is 7.15. The Labute approximate surface area is 120 Å². The van der Waals surface area contributed by atoms with Gasteiger partial charge in [-0.05, 0) is 11.6 Å². The van der Waals surface area contributed by atoms with Gasteiger partial charge in [0, 0.05) is 6.21 Å². The molecule has 102 valence electrons. The number of benzene rings is 1. The van der Waals surface area contributed by atoms with Gasteiger partial charge in [-0.25, -0.2) is 5.43 Å². The second-order valence-electron chi connectivity index (χ2n) is 3.79. The Morgan fingerprint density at radius 3 is 2.85 bits per heavy atom. The first kappa shape index (κ1) is 13.9. The van der Waals surface area contributed by atoms with E-state index in [1.54, 1.807) is 6.08 Å². The van der Waals surface area contributed by atoms with Gasteiger partial charge in [0.1, 0.15) is 5.01 Å². The maximum absolute atomic E-state index is 11.5. The Hall–Kier alpha value is -2.54. The number of anilines is 1. The first-order valence-corrected chi connectivity index (χ1v) is 6.67. The molecule has 0 spiro atoms. The van der Waals surface area contributed by atoms with E-state index in [0.29, 0.717) is 10.1 Å². The van der Waals surface area contributed by atoms with Crippen LogP contribution in [0.4, 0.5) is 5.13 Å². The third-order valence-corrected chi connectivity index (χ3v) is 2.98. The van der Waals surface area contributed by atoms with Crippen molar-refractivity contribution >= 4 is 34.7 Å². The lowest BCUT2D eigenvalue weighted by atomic mass is 10.2. The highest BCUT2D eigenvalue weighted by Crippen LogP contribution is 2.10. The Kier molecular flexibility index (Phi) is 4.96. The maximum Gasteiger partial charge on any atom is 0.247 e. The van der Waals surface area contributed by atoms with Crippen LogP contribution in [0.1, 0.15) is 10.6 Å². The van der Waals surface area contributed by atoms with E-state index in [2.05, 4.69) is 20.7 Å². The minimum atomic E-state index is -0.259. The molecule has 0 bridgehead atoms. The highest BCUT2D eigenvalue weighted by atomic mass is 32.1. The molecule has 0 unspecified atom stereocenters. The first-order valence-electron chi connectivity index (χ1n) is 5.85. The fourth-order valence-corrected chi connectivity index (χ4v) is 1.99. The number of nitrogen functional groups attached to an aromatic ring is 1. The summed E-state index contributed by atoms with van der Waals surface area (Å²) in [5, 5.41) is 12.1. The quantitative estimate of drug-likeness (QED) is 0.643. The molecule has 0 fully saturated rings. The Morgan fingerprint density at radius 1 is 1.35 bits per heavy atom. The average Bonchev–Trinajstić information content (AvgIpc) is 2.85. The molecule has 7 heteroatoms. The lowest BCUT2D eigenvalue weighted by Gasteiger charge is -1.94. The van der Waals surface area contributed by atoms with Gasteiger partial charge in [-0.2, -0.15) is 5.10 Å². The van der Waals surface area contributed by atoms with Crippen LogP contribution in [0.2, 0.25) is 0 Å². The number of nitrogens with zero attached hydrogens (tertiary/aromatic N) is 3. The molecule has 0 radical (unpaired) electrons. The van der Waals surface area contributed by atoms with Crippen molar-refractivity contribution in [1.82, 2.24) is 15.6 Å². The van der Waals surface area contributed by atoms with Crippen LogP contribution in [0, 0.1) is 0 Å². The molecule has 2 rings (SSSR count). The molecule has 20 heavy (non-hydrogen) atoms. The van der Waals surface area contributed by atoms with Crippen LogP contribution < -0.4 is 11.2 Å². The highest BCUT2D eigenvalue weighted by Gasteiger charge is 2.06. The van der Waals surface area contributed by atoms with Crippen molar-refractivity contribution in [1.29, 1.82) is 0 Å². The number of carbonyl (C=O) groups excluding carboxylic acids is 1. The summed E-state index contributed by atoms with van der Waals surface area (Å²) in [5.41, 5.74) is 8.89. The number of nitrogens with one attached hydrogen (secondary N) is 1. The van der Waals surface area contributed by atoms with Gasteiger partial charge in [0.2, 0.25) is 11.0 Å². The normalized spacial score (nSPS) is 11.2. The summed E-state index contributed by atoms with van der Waals surface area (Å²) < 4.78 is 0. The topological polar surface area (TPSA) is 93.3 Å². The second-order valence-corrected chi connectivity index (χ2v) is 4.89. The zero-order valence-corrected chi connectivity index (χ0v) is 11.4. The number of aromatic nitrogens is 2. The van der Waals surface area contributed by atoms with Crippen LogP contribution in [0.5, 0.6) is 0 Å². The molecular formula is C13H13N5OS. The Morgan fingerprint density at radius 2 is 2.15 bits per heavy atom. The minimum absolute atomic E-state index is 0.120. The molecular weight excluding hydrogens is 274 g/mol. The number of amides is 1. The predicted molar refractivity (Wildman–Crippen MR) is 80.1 cm³/mol. The zero-order chi connectivity index (χ0) is 14.2. The van der Waals surface area contributed by atoms with Crippen LogP contribution >= 0.6 is 11.3 Å². The van der Waals surface area contributed by atoms with Crippen molar-refractivity contribution in [3.8, 4) is 0 Å². The van der Waals surface area contributed by atoms with E-state index >= 15 is 0 Å². The molecule has 1 amide bonds. The smallest absolute Gasteiger partial charge is 0.247 e. The van der Waals surface area contributed by atoms with Gasteiger partial charge in [-0.1, -0.05) is 47.7 Å². The van der Waals surface area contributed by atoms with Crippen molar-refractivity contribution in [3.05, 3.63) is 47.0 Å². The summed E-state index contributed by atoms with van der Waals surface area (Å²) >= 11 is 1.19. The molecule has 0 aliphatic heterocycles. The van der Waals surface area contributed by atoms with Crippen molar-refractivity contribution in [2.45, 2.75) is 6.42 Å². The molecule has 1 aromatic heterocycles. The van der Waals surface area contributed by atoms with E-state index in [9.17, 15) is 4.79 Å². The third-order valence-electron chi connectivity index (χ3n) is 2.23. The molecule has 0 atom stereocenters. The number of hydrogen-bond donors (Lipinski definition) is 2. The lowest BCUT2D eigenvalue weighted by molar-refractivity contribution is -0.120. The fraction of sp³-hybridized carbons (Fsp3) is 0.0769. The van der Waals surface area contributed by atoms with Gasteiger partial charge >= 0.3 is 0 Å². The van der Waals surface area contributed by atoms with E-state index in [1.165, 1.54) is 17.6 Å². The van der Waals surface area contributed by atoms with Crippen LogP contribution in [0.3, 0.4) is 0 Å². The average molecular weight is 287 g/mol. The zero-order valence-electron chi connectivity index (χ0n) is 10.6. The third kappa shape index (κ3) is 4.62. The number of allylic oxidation sites excluding steroid dienone is 1. The van der Waals surface area contributed by atoms with Gasteiger partial charge in [-0.3, -0.25) is 4.79 Å². The number of nitrogens with two attached hydrogens (primary N) is 1. The molecule has 2 aromatic rings. The molecule has 1 heterocycles. The van der Waals surface area contributed by atoms with E-state index < -0.39 is 0 Å². The summed E-state index contributed by atoms with van der Waals surface area (Å²) in [7, 11) is 0. The van der Waals surface area contributed by atoms with Gasteiger partial charge in [0.25, 0.3) is 0 Å². The largest absolute Gasteiger partial charge is 0.374 e. The summed E-state index contributed by atoms with van der Waals surface area (Å²) in [6, 6.07) is 9.80. The first-order chi connectivity index (χ1) is 9.74. The standard InChI is InChI=1S/C13H13N5OS/c14-13-18-17-12(20-13)9-11(19)16-15-8-4-7-10-5-2-1-3-6-10/h1-8H,9H2,(H2,14,18)(H,16,19). The predicted octanol–water partition coefficient (Wildman–Crippen LogP) is 1.48. The van der Waals surface area contributed by atoms with Gasteiger partial charge < -0.3 is 5.73 Å². The van der Waals surface area contributed by atoms with Gasteiger partial charge in [0.15, 0.2) is 0 Å². The summed E-state index contributed by atoms with van der Waals surface area (Å²) in [5.74, 6) is -0.259. The monoisotopic (exact) mass is 287 g/mol. The minimum Gasteiger partial charge on any atom is -0.374 e. The number of hydrazone groups is 1. The van der Waals surface area contributed by atoms with Gasteiger partial charge in [0.05, 0.1) is 6.42 Å². The maximum atomic E-state index is 11.5. The summed E-state index contributed by atoms with van der Waals surface area (Å²) in [6.45, 7) is 0. The Balaban J connectivity index is 1.76. The SMILES string of the molecule is Nc1nnc(CC(=O)NN=CC=Cc2ccccc2)s1. The van der Waals surface area contributed by atoms with E-state index in [0.717, 1.165) is 5.56 Å². The van der Waals surface area contributed by atoms with Crippen LogP contribution in [-0.2, 0) is 11.2 Å². The lowest BCUT2D eigenvalue weighted by Crippen LogP contribution is -2.19. The Bertz CT molecular complexity index is 621. The number of carbonyl (C=O) groups is 1. The van der Waals surface area contributed by atoms with E-state index in [-0.39, 0.29) is 12.3 Å². The molecule has 0 aliphatic rings. The van der Waals surface area contributed by atoms with Crippen LogP contribution in [-0.4, -0.2) is 22.3 Å². The molecule has 0 aliphatic carbocycles. The number of hydrogen-bond acceptors (Lipinski definition) is 6. The molecule has 3 N–H and O–H groups in total. The number of rotatable bonds is 5. The molecule has 0 saturated carbocycles. The van der Waals surface area contributed by atoms with Gasteiger partial charge in [-0.15, -0.1) is 10.2 Å². The van der Waals surface area contributed by atoms with E-state index in [4.69, 9.17) is 5.73 Å². The molecule has 1 aromatic carbocycles. The molecule has 0 saturated heterocycles. The van der Waals surface area contributed by atoms with E-state index in [1.807, 2.05) is 36.4 Å². The summed E-state index contributed by atoms with van der Waals surface area (Å²) in [4.78, 5) is 11.5. The summed E-state index contributed by atoms with van der Waals surface area (Å²) in [6.07, 6.45) is 5.27. The fourth-order valence-electron chi connectivity index (χ4n) is 1.39. The van der Waals surface area contributed by atoms with Crippen LogP contribution in [0.15, 0.2) is 41.5 Å². The van der Waals surface area contributed by atoms with Crippen molar-refractivity contribution in [2.75, 3.05) is 5.73 Å². The highest BCUT2D eigenvalue weighted by molar-refractivity contribution is 7.15. The van der Waals surface area contributed by atoms with Crippen molar-refractivity contribution in [2.24, 2.45) is 5.10 Å².